The van der Waals surface area contributed by atoms with E-state index >= 15 is 0 Å². The Bertz CT molecular complexity index is 1180. The predicted molar refractivity (Wildman–Crippen MR) is 115 cm³/mol. The second kappa shape index (κ2) is 8.19. The van der Waals surface area contributed by atoms with Gasteiger partial charge in [0.1, 0.15) is 6.54 Å². The highest BCUT2D eigenvalue weighted by atomic mass is 16.2. The number of fused-ring (bicyclic) bond motifs is 1. The van der Waals surface area contributed by atoms with Crippen molar-refractivity contribution < 1.29 is 4.79 Å². The molecular formula is C24H23N3O2. The van der Waals surface area contributed by atoms with Gasteiger partial charge in [-0.3, -0.25) is 13.9 Å². The molecule has 5 heteroatoms. The minimum absolute atomic E-state index is 0.0156. The van der Waals surface area contributed by atoms with Crippen LogP contribution in [-0.4, -0.2) is 15.0 Å². The predicted octanol–water partition coefficient (Wildman–Crippen LogP) is 3.44. The third-order valence-corrected chi connectivity index (χ3v) is 5.17. The largest absolute Gasteiger partial charge is 0.347 e. The molecule has 1 heterocycles. The fourth-order valence-electron chi connectivity index (χ4n) is 3.69. The Balaban J connectivity index is 1.59. The van der Waals surface area contributed by atoms with Gasteiger partial charge in [0.2, 0.25) is 5.91 Å². The van der Waals surface area contributed by atoms with Crippen LogP contribution in [0.4, 0.5) is 0 Å². The molecule has 0 fully saturated rings. The van der Waals surface area contributed by atoms with Gasteiger partial charge in [0.25, 0.3) is 0 Å². The summed E-state index contributed by atoms with van der Waals surface area (Å²) in [6.45, 7) is -0.0156. The van der Waals surface area contributed by atoms with Gasteiger partial charge in [0.05, 0.1) is 17.1 Å². The van der Waals surface area contributed by atoms with E-state index in [2.05, 4.69) is 17.4 Å². The summed E-state index contributed by atoms with van der Waals surface area (Å²) >= 11 is 0. The molecular weight excluding hydrogens is 362 g/mol. The Morgan fingerprint density at radius 1 is 0.862 bits per heavy atom. The van der Waals surface area contributed by atoms with Crippen LogP contribution in [0.1, 0.15) is 17.2 Å². The highest BCUT2D eigenvalue weighted by Gasteiger charge is 2.18. The number of aryl methyl sites for hydroxylation is 1. The Labute approximate surface area is 169 Å². The van der Waals surface area contributed by atoms with Crippen molar-refractivity contribution in [3.05, 3.63) is 107 Å². The average Bonchev–Trinajstić information content (AvgIpc) is 3.00. The number of imidazole rings is 1. The van der Waals surface area contributed by atoms with E-state index < -0.39 is 0 Å². The van der Waals surface area contributed by atoms with Crippen LogP contribution >= 0.6 is 0 Å². The first-order chi connectivity index (χ1) is 14.1. The zero-order chi connectivity index (χ0) is 20.2. The van der Waals surface area contributed by atoms with Crippen molar-refractivity contribution in [1.29, 1.82) is 0 Å². The number of carbonyl (C=O) groups excluding carboxylic acids is 1. The van der Waals surface area contributed by atoms with Gasteiger partial charge < -0.3 is 5.32 Å². The van der Waals surface area contributed by atoms with Gasteiger partial charge in [-0.2, -0.15) is 0 Å². The van der Waals surface area contributed by atoms with Crippen molar-refractivity contribution in [3.63, 3.8) is 0 Å². The molecule has 1 amide bonds. The number of aromatic nitrogens is 2. The molecule has 0 bridgehead atoms. The summed E-state index contributed by atoms with van der Waals surface area (Å²) in [5.74, 6) is -0.187. The molecule has 3 aromatic carbocycles. The smallest absolute Gasteiger partial charge is 0.329 e. The zero-order valence-electron chi connectivity index (χ0n) is 16.3. The first-order valence-corrected chi connectivity index (χ1v) is 9.66. The molecule has 1 atom stereocenters. The molecule has 5 nitrogen and oxygen atoms in total. The number of benzene rings is 3. The zero-order valence-corrected chi connectivity index (χ0v) is 16.3. The van der Waals surface area contributed by atoms with Crippen LogP contribution in [0.5, 0.6) is 0 Å². The van der Waals surface area contributed by atoms with Gasteiger partial charge in [-0.15, -0.1) is 0 Å². The molecule has 1 N–H and O–H groups in total. The third-order valence-electron chi connectivity index (χ3n) is 5.17. The number of hydrogen-bond acceptors (Lipinski definition) is 2. The Morgan fingerprint density at radius 2 is 1.45 bits per heavy atom. The van der Waals surface area contributed by atoms with Crippen LogP contribution in [0, 0.1) is 0 Å². The minimum atomic E-state index is -0.194. The molecule has 4 rings (SSSR count). The fourth-order valence-corrected chi connectivity index (χ4v) is 3.69. The standard InChI is InChI=1S/C24H23N3O2/c1-26-21-14-8-9-15-22(21)27(24(26)29)17-23(28)25-20(19-12-6-3-7-13-19)16-18-10-4-2-5-11-18/h2-15,20H,16-17H2,1H3,(H,25,28)/t20-/m1/s1. The summed E-state index contributed by atoms with van der Waals surface area (Å²) in [5, 5.41) is 3.12. The molecule has 0 aliphatic carbocycles. The summed E-state index contributed by atoms with van der Waals surface area (Å²) in [7, 11) is 1.72. The van der Waals surface area contributed by atoms with Crippen molar-refractivity contribution in [1.82, 2.24) is 14.5 Å². The number of nitrogens with zero attached hydrogens (tertiary/aromatic N) is 2. The summed E-state index contributed by atoms with van der Waals surface area (Å²) in [4.78, 5) is 25.5. The molecule has 0 unspecified atom stereocenters. The van der Waals surface area contributed by atoms with Crippen LogP contribution < -0.4 is 11.0 Å². The lowest BCUT2D eigenvalue weighted by atomic mass is 9.99. The van der Waals surface area contributed by atoms with Crippen molar-refractivity contribution >= 4 is 16.9 Å². The number of rotatable bonds is 6. The quantitative estimate of drug-likeness (QED) is 0.553. The lowest BCUT2D eigenvalue weighted by Gasteiger charge is -2.20. The van der Waals surface area contributed by atoms with Crippen molar-refractivity contribution in [2.75, 3.05) is 0 Å². The van der Waals surface area contributed by atoms with Crippen LogP contribution in [0.2, 0.25) is 0 Å². The second-order valence-corrected chi connectivity index (χ2v) is 7.14. The van der Waals surface area contributed by atoms with Gasteiger partial charge >= 0.3 is 5.69 Å². The molecule has 0 aliphatic rings. The Kier molecular flexibility index (Phi) is 5.29. The van der Waals surface area contributed by atoms with E-state index in [-0.39, 0.29) is 24.2 Å². The van der Waals surface area contributed by atoms with Gasteiger partial charge in [0, 0.05) is 7.05 Å². The summed E-state index contributed by atoms with van der Waals surface area (Å²) in [5.41, 5.74) is 3.56. The van der Waals surface area contributed by atoms with Gasteiger partial charge in [-0.25, -0.2) is 4.79 Å². The summed E-state index contributed by atoms with van der Waals surface area (Å²) < 4.78 is 3.09. The van der Waals surface area contributed by atoms with Crippen molar-refractivity contribution in [3.8, 4) is 0 Å². The van der Waals surface area contributed by atoms with Gasteiger partial charge in [-0.05, 0) is 29.7 Å². The van der Waals surface area contributed by atoms with Crippen molar-refractivity contribution in [2.45, 2.75) is 19.0 Å². The third kappa shape index (κ3) is 3.99. The fraction of sp³-hybridized carbons (Fsp3) is 0.167. The summed E-state index contributed by atoms with van der Waals surface area (Å²) in [6, 6.07) is 27.3. The van der Waals surface area contributed by atoms with Crippen LogP contribution in [0.3, 0.4) is 0 Å². The van der Waals surface area contributed by atoms with E-state index in [9.17, 15) is 9.59 Å². The topological polar surface area (TPSA) is 56.0 Å². The molecule has 0 aliphatic heterocycles. The molecule has 0 saturated carbocycles. The molecule has 0 spiro atoms. The van der Waals surface area contributed by atoms with E-state index in [0.29, 0.717) is 6.42 Å². The molecule has 4 aromatic rings. The maximum atomic E-state index is 12.9. The molecule has 29 heavy (non-hydrogen) atoms. The Hall–Kier alpha value is -3.60. The molecule has 0 radical (unpaired) electrons. The van der Waals surface area contributed by atoms with E-state index in [4.69, 9.17) is 0 Å². The molecule has 146 valence electrons. The van der Waals surface area contributed by atoms with Gasteiger partial charge in [0.15, 0.2) is 0 Å². The second-order valence-electron chi connectivity index (χ2n) is 7.14. The minimum Gasteiger partial charge on any atom is -0.347 e. The number of para-hydroxylation sites is 2. The van der Waals surface area contributed by atoms with Gasteiger partial charge in [-0.1, -0.05) is 72.8 Å². The highest BCUT2D eigenvalue weighted by Crippen LogP contribution is 2.19. The van der Waals surface area contributed by atoms with E-state index in [1.54, 1.807) is 11.6 Å². The number of amides is 1. The SMILES string of the molecule is Cn1c(=O)n(CC(=O)N[C@H](Cc2ccccc2)c2ccccc2)c2ccccc21. The molecule has 0 saturated heterocycles. The average molecular weight is 385 g/mol. The lowest BCUT2D eigenvalue weighted by molar-refractivity contribution is -0.122. The molecule has 1 aromatic heterocycles. The summed E-state index contributed by atoms with van der Waals surface area (Å²) in [6.07, 6.45) is 0.682. The maximum Gasteiger partial charge on any atom is 0.329 e. The first kappa shape index (κ1) is 18.7. The lowest BCUT2D eigenvalue weighted by Crippen LogP contribution is -2.35. The number of hydrogen-bond donors (Lipinski definition) is 1. The van der Waals surface area contributed by atoms with Crippen LogP contribution in [0.25, 0.3) is 11.0 Å². The monoisotopic (exact) mass is 385 g/mol. The Morgan fingerprint density at radius 3 is 2.14 bits per heavy atom. The van der Waals surface area contributed by atoms with Crippen molar-refractivity contribution in [2.24, 2.45) is 7.05 Å². The van der Waals surface area contributed by atoms with E-state index in [1.165, 1.54) is 4.57 Å². The first-order valence-electron chi connectivity index (χ1n) is 9.66. The number of carbonyl (C=O) groups is 1. The van der Waals surface area contributed by atoms with Crippen LogP contribution in [0.15, 0.2) is 89.7 Å². The van der Waals surface area contributed by atoms with E-state index in [0.717, 1.165) is 22.2 Å². The van der Waals surface area contributed by atoms with Crippen LogP contribution in [-0.2, 0) is 24.8 Å². The van der Waals surface area contributed by atoms with E-state index in [1.807, 2.05) is 72.8 Å². The normalized spacial score (nSPS) is 12.0. The highest BCUT2D eigenvalue weighted by molar-refractivity contribution is 5.81. The maximum absolute atomic E-state index is 12.9. The number of nitrogens with one attached hydrogen (secondary N) is 1.